The Morgan fingerprint density at radius 2 is 2.25 bits per heavy atom. The van der Waals surface area contributed by atoms with Crippen molar-refractivity contribution in [3.05, 3.63) is 34.3 Å². The molecule has 1 aromatic rings. The fourth-order valence-corrected chi connectivity index (χ4v) is 1.34. The molecule has 3 heteroatoms. The SMILES string of the molecule is O=CC(=O)Cc1cccc(Br)c1. The Balaban J connectivity index is 2.76. The van der Waals surface area contributed by atoms with Crippen molar-refractivity contribution in [2.45, 2.75) is 6.42 Å². The number of hydrogen-bond donors (Lipinski definition) is 0. The zero-order valence-corrected chi connectivity index (χ0v) is 7.87. The Morgan fingerprint density at radius 1 is 1.50 bits per heavy atom. The highest BCUT2D eigenvalue weighted by Gasteiger charge is 2.00. The molecule has 1 rings (SSSR count). The first-order valence-electron chi connectivity index (χ1n) is 3.45. The van der Waals surface area contributed by atoms with Gasteiger partial charge in [0.2, 0.25) is 0 Å². The number of rotatable bonds is 3. The van der Waals surface area contributed by atoms with Crippen LogP contribution in [0.3, 0.4) is 0 Å². The van der Waals surface area contributed by atoms with Crippen molar-refractivity contribution in [1.82, 2.24) is 0 Å². The van der Waals surface area contributed by atoms with E-state index in [0.717, 1.165) is 10.0 Å². The predicted molar refractivity (Wildman–Crippen MR) is 48.9 cm³/mol. The van der Waals surface area contributed by atoms with Gasteiger partial charge in [0.25, 0.3) is 0 Å². The number of aldehydes is 1. The summed E-state index contributed by atoms with van der Waals surface area (Å²) in [6, 6.07) is 7.33. The molecule has 0 unspecified atom stereocenters. The molecule has 0 aliphatic rings. The van der Waals surface area contributed by atoms with E-state index >= 15 is 0 Å². The van der Waals surface area contributed by atoms with Gasteiger partial charge in [-0.15, -0.1) is 0 Å². The van der Waals surface area contributed by atoms with Gasteiger partial charge in [0.1, 0.15) is 0 Å². The van der Waals surface area contributed by atoms with Crippen molar-refractivity contribution in [2.75, 3.05) is 0 Å². The van der Waals surface area contributed by atoms with E-state index in [9.17, 15) is 9.59 Å². The first kappa shape index (κ1) is 9.13. The van der Waals surface area contributed by atoms with Gasteiger partial charge in [-0.05, 0) is 17.7 Å². The van der Waals surface area contributed by atoms with E-state index in [1.807, 2.05) is 24.3 Å². The van der Waals surface area contributed by atoms with E-state index in [0.29, 0.717) is 6.29 Å². The fourth-order valence-electron chi connectivity index (χ4n) is 0.890. The zero-order chi connectivity index (χ0) is 8.97. The van der Waals surface area contributed by atoms with Crippen LogP contribution in [0.15, 0.2) is 28.7 Å². The molecule has 0 radical (unpaired) electrons. The number of Topliss-reactive ketones (excluding diaryl/α,β-unsaturated/α-hetero) is 1. The Labute approximate surface area is 78.7 Å². The van der Waals surface area contributed by atoms with Gasteiger partial charge < -0.3 is 0 Å². The summed E-state index contributed by atoms with van der Waals surface area (Å²) in [6.45, 7) is 0. The molecule has 0 saturated carbocycles. The maximum absolute atomic E-state index is 10.7. The Bertz CT molecular complexity index is 307. The third-order valence-corrected chi connectivity index (χ3v) is 1.89. The lowest BCUT2D eigenvalue weighted by Gasteiger charge is -1.96. The zero-order valence-electron chi connectivity index (χ0n) is 6.29. The molecule has 1 aromatic carbocycles. The second-order valence-corrected chi connectivity index (χ2v) is 3.31. The summed E-state index contributed by atoms with van der Waals surface area (Å²) in [5, 5.41) is 0. The van der Waals surface area contributed by atoms with Gasteiger partial charge in [0, 0.05) is 10.9 Å². The summed E-state index contributed by atoms with van der Waals surface area (Å²) in [5.41, 5.74) is 0.849. The van der Waals surface area contributed by atoms with Gasteiger partial charge in [-0.2, -0.15) is 0 Å². The van der Waals surface area contributed by atoms with Crippen LogP contribution in [-0.2, 0) is 16.0 Å². The molecule has 0 saturated heterocycles. The summed E-state index contributed by atoms with van der Waals surface area (Å²) < 4.78 is 0.915. The minimum atomic E-state index is -0.395. The van der Waals surface area contributed by atoms with Gasteiger partial charge in [0.15, 0.2) is 12.1 Å². The molecular formula is C9H7BrO2. The fraction of sp³-hybridized carbons (Fsp3) is 0.111. The van der Waals surface area contributed by atoms with Crippen LogP contribution in [0.2, 0.25) is 0 Å². The van der Waals surface area contributed by atoms with E-state index in [2.05, 4.69) is 15.9 Å². The number of hydrogen-bond acceptors (Lipinski definition) is 2. The van der Waals surface area contributed by atoms with Crippen LogP contribution in [0.25, 0.3) is 0 Å². The Hall–Kier alpha value is -0.960. The van der Waals surface area contributed by atoms with Gasteiger partial charge in [0.05, 0.1) is 0 Å². The van der Waals surface area contributed by atoms with Crippen LogP contribution in [0, 0.1) is 0 Å². The lowest BCUT2D eigenvalue weighted by atomic mass is 10.1. The van der Waals surface area contributed by atoms with Crippen molar-refractivity contribution in [1.29, 1.82) is 0 Å². The summed E-state index contributed by atoms with van der Waals surface area (Å²) in [6.07, 6.45) is 0.532. The van der Waals surface area contributed by atoms with Crippen LogP contribution >= 0.6 is 15.9 Å². The predicted octanol–water partition coefficient (Wildman–Crippen LogP) is 1.76. The maximum atomic E-state index is 10.7. The minimum absolute atomic E-state index is 0.183. The summed E-state index contributed by atoms with van der Waals surface area (Å²) >= 11 is 3.27. The van der Waals surface area contributed by atoms with E-state index in [1.54, 1.807) is 0 Å². The molecule has 0 aromatic heterocycles. The highest BCUT2D eigenvalue weighted by atomic mass is 79.9. The van der Waals surface area contributed by atoms with Crippen molar-refractivity contribution in [3.8, 4) is 0 Å². The standard InChI is InChI=1S/C9H7BrO2/c10-8-3-1-2-7(4-8)5-9(12)6-11/h1-4,6H,5H2. The topological polar surface area (TPSA) is 34.1 Å². The average Bonchev–Trinajstić information content (AvgIpc) is 2.04. The lowest BCUT2D eigenvalue weighted by Crippen LogP contribution is -2.02. The number of carbonyl (C=O) groups excluding carboxylic acids is 2. The smallest absolute Gasteiger partial charge is 0.199 e. The van der Waals surface area contributed by atoms with Crippen LogP contribution in [0.1, 0.15) is 5.56 Å². The number of carbonyl (C=O) groups is 2. The molecule has 0 heterocycles. The largest absolute Gasteiger partial charge is 0.295 e. The molecule has 62 valence electrons. The minimum Gasteiger partial charge on any atom is -0.295 e. The summed E-state index contributed by atoms with van der Waals surface area (Å²) in [7, 11) is 0. The van der Waals surface area contributed by atoms with E-state index in [4.69, 9.17) is 0 Å². The van der Waals surface area contributed by atoms with Crippen LogP contribution < -0.4 is 0 Å². The first-order chi connectivity index (χ1) is 5.72. The Morgan fingerprint density at radius 3 is 2.83 bits per heavy atom. The highest BCUT2D eigenvalue weighted by Crippen LogP contribution is 2.11. The number of halogens is 1. The van der Waals surface area contributed by atoms with Crippen LogP contribution in [0.4, 0.5) is 0 Å². The molecule has 0 fully saturated rings. The Kier molecular flexibility index (Phi) is 3.17. The monoisotopic (exact) mass is 226 g/mol. The first-order valence-corrected chi connectivity index (χ1v) is 4.24. The van der Waals surface area contributed by atoms with Crippen LogP contribution in [-0.4, -0.2) is 12.1 Å². The second-order valence-electron chi connectivity index (χ2n) is 2.39. The molecule has 0 bridgehead atoms. The third kappa shape index (κ3) is 2.58. The third-order valence-electron chi connectivity index (χ3n) is 1.40. The highest BCUT2D eigenvalue weighted by molar-refractivity contribution is 9.10. The molecule has 0 aliphatic carbocycles. The van der Waals surface area contributed by atoms with Crippen molar-refractivity contribution < 1.29 is 9.59 Å². The van der Waals surface area contributed by atoms with Crippen LogP contribution in [0.5, 0.6) is 0 Å². The number of benzene rings is 1. The summed E-state index contributed by atoms with van der Waals surface area (Å²) in [4.78, 5) is 20.7. The van der Waals surface area contributed by atoms with E-state index in [-0.39, 0.29) is 6.42 Å². The van der Waals surface area contributed by atoms with Crippen molar-refractivity contribution in [3.63, 3.8) is 0 Å². The normalized spacial score (nSPS) is 9.42. The maximum Gasteiger partial charge on any atom is 0.199 e. The average molecular weight is 227 g/mol. The molecule has 0 atom stereocenters. The van der Waals surface area contributed by atoms with Crippen molar-refractivity contribution in [2.24, 2.45) is 0 Å². The van der Waals surface area contributed by atoms with E-state index < -0.39 is 5.78 Å². The molecule has 0 N–H and O–H groups in total. The quantitative estimate of drug-likeness (QED) is 0.582. The second kappa shape index (κ2) is 4.16. The lowest BCUT2D eigenvalue weighted by molar-refractivity contribution is -0.129. The molecule has 0 spiro atoms. The van der Waals surface area contributed by atoms with E-state index in [1.165, 1.54) is 0 Å². The molecule has 0 amide bonds. The molecule has 2 nitrogen and oxygen atoms in total. The molecular weight excluding hydrogens is 220 g/mol. The molecule has 12 heavy (non-hydrogen) atoms. The van der Waals surface area contributed by atoms with Gasteiger partial charge in [-0.3, -0.25) is 9.59 Å². The number of ketones is 1. The summed E-state index contributed by atoms with van der Waals surface area (Å²) in [5.74, 6) is -0.395. The van der Waals surface area contributed by atoms with Gasteiger partial charge >= 0.3 is 0 Å². The van der Waals surface area contributed by atoms with Gasteiger partial charge in [-0.1, -0.05) is 28.1 Å². The van der Waals surface area contributed by atoms with Gasteiger partial charge in [-0.25, -0.2) is 0 Å². The van der Waals surface area contributed by atoms with Crippen molar-refractivity contribution >= 4 is 28.0 Å². The molecule has 0 aliphatic heterocycles.